The first-order valence-corrected chi connectivity index (χ1v) is 9.36. The Bertz CT molecular complexity index is 801. The minimum absolute atomic E-state index is 0.0932. The van der Waals surface area contributed by atoms with Crippen molar-refractivity contribution in [2.24, 2.45) is 5.92 Å². The van der Waals surface area contributed by atoms with Gasteiger partial charge in [0.1, 0.15) is 5.82 Å². The fourth-order valence-corrected chi connectivity index (χ4v) is 4.34. The molecule has 3 saturated heterocycles. The van der Waals surface area contributed by atoms with Crippen molar-refractivity contribution in [1.82, 2.24) is 14.8 Å². The van der Waals surface area contributed by atoms with Crippen LogP contribution in [0.2, 0.25) is 5.02 Å². The van der Waals surface area contributed by atoms with Crippen molar-refractivity contribution in [3.63, 3.8) is 0 Å². The molecule has 3 aliphatic heterocycles. The monoisotopic (exact) mass is 373 g/mol. The van der Waals surface area contributed by atoms with E-state index < -0.39 is 5.82 Å². The number of piperidine rings is 1. The quantitative estimate of drug-likeness (QED) is 0.824. The summed E-state index contributed by atoms with van der Waals surface area (Å²) in [6.45, 7) is 3.33. The maximum Gasteiger partial charge on any atom is 0.255 e. The van der Waals surface area contributed by atoms with Crippen LogP contribution in [0.15, 0.2) is 42.6 Å². The van der Waals surface area contributed by atoms with Crippen LogP contribution in [-0.2, 0) is 6.54 Å². The van der Waals surface area contributed by atoms with Gasteiger partial charge in [-0.15, -0.1) is 0 Å². The Morgan fingerprint density at radius 1 is 1.19 bits per heavy atom. The van der Waals surface area contributed by atoms with E-state index in [2.05, 4.69) is 9.88 Å². The number of aromatic nitrogens is 1. The van der Waals surface area contributed by atoms with Gasteiger partial charge in [-0.1, -0.05) is 17.7 Å². The Hall–Kier alpha value is -1.98. The summed E-state index contributed by atoms with van der Waals surface area (Å²) in [5, 5.41) is 0.181. The molecule has 3 fully saturated rings. The van der Waals surface area contributed by atoms with Gasteiger partial charge in [0, 0.05) is 38.4 Å². The van der Waals surface area contributed by atoms with Crippen LogP contribution in [0.1, 0.15) is 28.9 Å². The highest BCUT2D eigenvalue weighted by molar-refractivity contribution is 6.33. The molecule has 1 aromatic heterocycles. The first kappa shape index (κ1) is 17.4. The Balaban J connectivity index is 1.52. The molecular formula is C20H21ClFN3O. The summed E-state index contributed by atoms with van der Waals surface area (Å²) >= 11 is 6.12. The van der Waals surface area contributed by atoms with Gasteiger partial charge in [0.05, 0.1) is 16.3 Å². The van der Waals surface area contributed by atoms with Gasteiger partial charge in [-0.05, 0) is 49.1 Å². The van der Waals surface area contributed by atoms with Gasteiger partial charge in [-0.2, -0.15) is 0 Å². The van der Waals surface area contributed by atoms with E-state index in [1.165, 1.54) is 18.2 Å². The first-order chi connectivity index (χ1) is 12.6. The zero-order chi connectivity index (χ0) is 18.1. The summed E-state index contributed by atoms with van der Waals surface area (Å²) in [6, 6.07) is 10.1. The molecule has 0 N–H and O–H groups in total. The van der Waals surface area contributed by atoms with Gasteiger partial charge < -0.3 is 4.90 Å². The molecule has 6 heteroatoms. The van der Waals surface area contributed by atoms with Crippen molar-refractivity contribution in [1.29, 1.82) is 0 Å². The van der Waals surface area contributed by atoms with E-state index in [0.29, 0.717) is 11.5 Å². The topological polar surface area (TPSA) is 36.4 Å². The third-order valence-corrected chi connectivity index (χ3v) is 5.64. The lowest BCUT2D eigenvalue weighted by molar-refractivity contribution is 0.0585. The van der Waals surface area contributed by atoms with Crippen LogP contribution in [0.5, 0.6) is 0 Å². The third kappa shape index (κ3) is 3.60. The molecule has 0 saturated carbocycles. The molecule has 1 aromatic carbocycles. The van der Waals surface area contributed by atoms with E-state index in [0.717, 1.165) is 44.7 Å². The fraction of sp³-hybridized carbons (Fsp3) is 0.400. The van der Waals surface area contributed by atoms with Gasteiger partial charge >= 0.3 is 0 Å². The number of amides is 1. The number of hydrogen-bond donors (Lipinski definition) is 0. The largest absolute Gasteiger partial charge is 0.334 e. The van der Waals surface area contributed by atoms with Crippen LogP contribution in [0.4, 0.5) is 4.39 Å². The predicted molar refractivity (Wildman–Crippen MR) is 98.5 cm³/mol. The number of benzene rings is 1. The number of pyridine rings is 1. The third-order valence-electron chi connectivity index (χ3n) is 5.32. The number of rotatable bonds is 3. The minimum atomic E-state index is -0.425. The number of halogens is 2. The molecule has 3 aliphatic rings. The van der Waals surface area contributed by atoms with E-state index in [9.17, 15) is 9.18 Å². The van der Waals surface area contributed by atoms with Crippen LogP contribution in [-0.4, -0.2) is 46.4 Å². The minimum Gasteiger partial charge on any atom is -0.334 e. The van der Waals surface area contributed by atoms with Crippen LogP contribution >= 0.6 is 11.6 Å². The molecule has 26 heavy (non-hydrogen) atoms. The second-order valence-electron chi connectivity index (χ2n) is 7.19. The highest BCUT2D eigenvalue weighted by Gasteiger charge is 2.37. The standard InChI is InChI=1S/C20H21ClFN3O/c21-19-9-15(22)5-7-18(19)20(26)25-11-14-4-6-17(25)13-24(10-14)12-16-3-1-2-8-23-16/h1-3,5,7-9,14,17H,4,6,10-13H2/t14-,17+/m0/s1. The molecule has 2 bridgehead atoms. The number of fused-ring (bicyclic) bond motifs is 4. The maximum atomic E-state index is 13.3. The fourth-order valence-electron chi connectivity index (χ4n) is 4.10. The van der Waals surface area contributed by atoms with E-state index in [1.807, 2.05) is 29.3 Å². The van der Waals surface area contributed by atoms with Crippen LogP contribution in [0.25, 0.3) is 0 Å². The molecule has 4 heterocycles. The Morgan fingerprint density at radius 2 is 2.08 bits per heavy atom. The summed E-state index contributed by atoms with van der Waals surface area (Å²) in [4.78, 5) is 21.8. The van der Waals surface area contributed by atoms with Crippen molar-refractivity contribution in [3.8, 4) is 0 Å². The average molecular weight is 374 g/mol. The molecule has 0 spiro atoms. The summed E-state index contributed by atoms with van der Waals surface area (Å²) in [6.07, 6.45) is 3.94. The highest BCUT2D eigenvalue weighted by atomic mass is 35.5. The molecule has 2 atom stereocenters. The zero-order valence-electron chi connectivity index (χ0n) is 14.4. The summed E-state index contributed by atoms with van der Waals surface area (Å²) in [7, 11) is 0. The van der Waals surface area contributed by atoms with E-state index in [1.54, 1.807) is 0 Å². The SMILES string of the molecule is O=C(c1ccc(F)cc1Cl)N1C[C@H]2CC[C@@H]1CN(Cc1ccccn1)C2. The average Bonchev–Trinajstić information content (AvgIpc) is 2.92. The van der Waals surface area contributed by atoms with Crippen LogP contribution < -0.4 is 0 Å². The molecule has 0 unspecified atom stereocenters. The second kappa shape index (κ2) is 7.33. The van der Waals surface area contributed by atoms with Crippen LogP contribution in [0, 0.1) is 11.7 Å². The second-order valence-corrected chi connectivity index (χ2v) is 7.60. The molecule has 4 nitrogen and oxygen atoms in total. The number of hydrogen-bond acceptors (Lipinski definition) is 3. The summed E-state index contributed by atoms with van der Waals surface area (Å²) in [5.74, 6) is -0.0736. The lowest BCUT2D eigenvalue weighted by atomic mass is 9.94. The molecule has 1 amide bonds. The number of nitrogens with zero attached hydrogens (tertiary/aromatic N) is 3. The smallest absolute Gasteiger partial charge is 0.255 e. The van der Waals surface area contributed by atoms with Gasteiger partial charge in [0.25, 0.3) is 5.91 Å². The molecule has 0 aliphatic carbocycles. The normalized spacial score (nSPS) is 23.1. The molecular weight excluding hydrogens is 353 g/mol. The van der Waals surface area contributed by atoms with Crippen molar-refractivity contribution in [2.75, 3.05) is 19.6 Å². The van der Waals surface area contributed by atoms with Gasteiger partial charge in [0.15, 0.2) is 0 Å². The molecule has 136 valence electrons. The van der Waals surface area contributed by atoms with Crippen molar-refractivity contribution < 1.29 is 9.18 Å². The lowest BCUT2D eigenvalue weighted by Gasteiger charge is -2.36. The lowest BCUT2D eigenvalue weighted by Crippen LogP contribution is -2.47. The summed E-state index contributed by atoms with van der Waals surface area (Å²) in [5.41, 5.74) is 1.44. The van der Waals surface area contributed by atoms with Gasteiger partial charge in [-0.25, -0.2) is 4.39 Å². The summed E-state index contributed by atoms with van der Waals surface area (Å²) < 4.78 is 13.3. The van der Waals surface area contributed by atoms with E-state index in [4.69, 9.17) is 11.6 Å². The molecule has 5 rings (SSSR count). The predicted octanol–water partition coefficient (Wildman–Crippen LogP) is 3.61. The van der Waals surface area contributed by atoms with Crippen LogP contribution in [0.3, 0.4) is 0 Å². The molecule has 0 radical (unpaired) electrons. The first-order valence-electron chi connectivity index (χ1n) is 8.98. The van der Waals surface area contributed by atoms with E-state index >= 15 is 0 Å². The maximum absolute atomic E-state index is 13.3. The Morgan fingerprint density at radius 3 is 2.85 bits per heavy atom. The van der Waals surface area contributed by atoms with Gasteiger partial charge in [0.2, 0.25) is 0 Å². The Kier molecular flexibility index (Phi) is 4.92. The van der Waals surface area contributed by atoms with E-state index in [-0.39, 0.29) is 17.0 Å². The molecule has 2 aromatic rings. The number of carbonyl (C=O) groups excluding carboxylic acids is 1. The van der Waals surface area contributed by atoms with Crippen molar-refractivity contribution >= 4 is 17.5 Å². The zero-order valence-corrected chi connectivity index (χ0v) is 15.2. The number of carbonyl (C=O) groups is 1. The highest BCUT2D eigenvalue weighted by Crippen LogP contribution is 2.31. The van der Waals surface area contributed by atoms with Crippen molar-refractivity contribution in [2.45, 2.75) is 25.4 Å². The Labute approximate surface area is 157 Å². The van der Waals surface area contributed by atoms with Crippen molar-refractivity contribution in [3.05, 3.63) is 64.7 Å². The van der Waals surface area contributed by atoms with Gasteiger partial charge in [-0.3, -0.25) is 14.7 Å².